The summed E-state index contributed by atoms with van der Waals surface area (Å²) >= 11 is 6.26. The lowest BCUT2D eigenvalue weighted by atomic mass is 10.1. The number of carbonyl (C=O) groups excluding carboxylic acids is 1. The summed E-state index contributed by atoms with van der Waals surface area (Å²) in [6, 6.07) is 15.2. The van der Waals surface area contributed by atoms with E-state index in [0.717, 1.165) is 11.1 Å². The van der Waals surface area contributed by atoms with Gasteiger partial charge < -0.3 is 10.2 Å². The van der Waals surface area contributed by atoms with Gasteiger partial charge in [-0.05, 0) is 17.7 Å². The molecule has 0 saturated heterocycles. The highest BCUT2D eigenvalue weighted by Gasteiger charge is 2.07. The molecule has 2 rings (SSSR count). The molecule has 0 fully saturated rings. The molecule has 98 valence electrons. The molecule has 0 atom stereocenters. The Labute approximate surface area is 117 Å². The summed E-state index contributed by atoms with van der Waals surface area (Å²) in [6.45, 7) is 0. The number of urea groups is 1. The lowest BCUT2D eigenvalue weighted by Crippen LogP contribution is -2.27. The summed E-state index contributed by atoms with van der Waals surface area (Å²) < 4.78 is 0. The zero-order valence-electron chi connectivity index (χ0n) is 10.9. The topological polar surface area (TPSA) is 32.3 Å². The number of amides is 2. The Morgan fingerprint density at radius 3 is 2.37 bits per heavy atom. The van der Waals surface area contributed by atoms with Gasteiger partial charge in [0, 0.05) is 25.3 Å². The van der Waals surface area contributed by atoms with Gasteiger partial charge in [-0.1, -0.05) is 48.0 Å². The number of hydrogen-bond acceptors (Lipinski definition) is 1. The lowest BCUT2D eigenvalue weighted by Gasteiger charge is -2.13. The zero-order chi connectivity index (χ0) is 13.8. The van der Waals surface area contributed by atoms with Crippen LogP contribution in [-0.2, 0) is 0 Å². The van der Waals surface area contributed by atoms with E-state index in [1.807, 2.05) is 42.5 Å². The number of halogens is 1. The molecule has 19 heavy (non-hydrogen) atoms. The van der Waals surface area contributed by atoms with Gasteiger partial charge in [-0.25, -0.2) is 4.79 Å². The highest BCUT2D eigenvalue weighted by molar-refractivity contribution is 6.33. The van der Waals surface area contributed by atoms with Crippen molar-refractivity contribution in [3.63, 3.8) is 0 Å². The van der Waals surface area contributed by atoms with E-state index in [2.05, 4.69) is 5.32 Å². The van der Waals surface area contributed by atoms with E-state index in [-0.39, 0.29) is 6.03 Å². The molecule has 0 aromatic heterocycles. The predicted octanol–water partition coefficient (Wildman–Crippen LogP) is 4.10. The molecule has 0 aliphatic carbocycles. The van der Waals surface area contributed by atoms with Gasteiger partial charge in [0.2, 0.25) is 0 Å². The van der Waals surface area contributed by atoms with Gasteiger partial charge in [-0.3, -0.25) is 0 Å². The van der Waals surface area contributed by atoms with Crippen LogP contribution in [-0.4, -0.2) is 25.0 Å². The maximum Gasteiger partial charge on any atom is 0.321 e. The van der Waals surface area contributed by atoms with Crippen LogP contribution >= 0.6 is 11.6 Å². The summed E-state index contributed by atoms with van der Waals surface area (Å²) in [4.78, 5) is 13.0. The zero-order valence-corrected chi connectivity index (χ0v) is 11.6. The minimum atomic E-state index is -0.177. The smallest absolute Gasteiger partial charge is 0.321 e. The fraction of sp³-hybridized carbons (Fsp3) is 0.133. The van der Waals surface area contributed by atoms with E-state index in [1.54, 1.807) is 20.2 Å². The van der Waals surface area contributed by atoms with Gasteiger partial charge in [0.1, 0.15) is 0 Å². The Bertz CT molecular complexity index is 582. The average Bonchev–Trinajstić information content (AvgIpc) is 2.39. The van der Waals surface area contributed by atoms with Crippen molar-refractivity contribution in [3.05, 3.63) is 53.6 Å². The molecule has 0 unspecified atom stereocenters. The molecule has 1 N–H and O–H groups in total. The Balaban J connectivity index is 2.25. The molecule has 2 aromatic rings. The Morgan fingerprint density at radius 1 is 1.11 bits per heavy atom. The van der Waals surface area contributed by atoms with Crippen molar-refractivity contribution in [3.8, 4) is 11.1 Å². The summed E-state index contributed by atoms with van der Waals surface area (Å²) in [6.07, 6.45) is 0. The fourth-order valence-electron chi connectivity index (χ4n) is 1.68. The first kappa shape index (κ1) is 13.4. The van der Waals surface area contributed by atoms with Crippen LogP contribution in [0.4, 0.5) is 10.5 Å². The third-order valence-corrected chi connectivity index (χ3v) is 3.02. The van der Waals surface area contributed by atoms with Crippen LogP contribution in [0.25, 0.3) is 11.1 Å². The maximum absolute atomic E-state index is 11.6. The Kier molecular flexibility index (Phi) is 4.07. The molecule has 0 saturated carbocycles. The van der Waals surface area contributed by atoms with Crippen LogP contribution in [0, 0.1) is 0 Å². The second-order valence-corrected chi connectivity index (χ2v) is 4.79. The summed E-state index contributed by atoms with van der Waals surface area (Å²) in [5.74, 6) is 0. The first-order chi connectivity index (χ1) is 9.08. The molecule has 0 heterocycles. The third-order valence-electron chi connectivity index (χ3n) is 2.71. The third kappa shape index (κ3) is 3.26. The summed E-state index contributed by atoms with van der Waals surface area (Å²) in [5.41, 5.74) is 2.69. The molecule has 2 aromatic carbocycles. The number of anilines is 1. The number of nitrogens with one attached hydrogen (secondary N) is 1. The monoisotopic (exact) mass is 274 g/mol. The second kappa shape index (κ2) is 5.76. The highest BCUT2D eigenvalue weighted by Crippen LogP contribution is 2.30. The normalized spacial score (nSPS) is 10.1. The van der Waals surface area contributed by atoms with Gasteiger partial charge >= 0.3 is 6.03 Å². The van der Waals surface area contributed by atoms with Crippen molar-refractivity contribution in [1.82, 2.24) is 4.90 Å². The van der Waals surface area contributed by atoms with E-state index in [4.69, 9.17) is 11.6 Å². The van der Waals surface area contributed by atoms with Gasteiger partial charge in [-0.15, -0.1) is 0 Å². The molecular weight excluding hydrogens is 260 g/mol. The minimum absolute atomic E-state index is 0.177. The van der Waals surface area contributed by atoms with Crippen molar-refractivity contribution in [2.45, 2.75) is 0 Å². The average molecular weight is 275 g/mol. The SMILES string of the molecule is CN(C)C(=O)Nc1ccc(-c2ccccc2)c(Cl)c1. The highest BCUT2D eigenvalue weighted by atomic mass is 35.5. The number of carbonyl (C=O) groups is 1. The van der Waals surface area contributed by atoms with Crippen LogP contribution in [0.3, 0.4) is 0 Å². The van der Waals surface area contributed by atoms with Crippen molar-refractivity contribution in [2.75, 3.05) is 19.4 Å². The van der Waals surface area contributed by atoms with Crippen molar-refractivity contribution >= 4 is 23.3 Å². The molecule has 0 spiro atoms. The van der Waals surface area contributed by atoms with Crippen LogP contribution in [0.1, 0.15) is 0 Å². The van der Waals surface area contributed by atoms with E-state index >= 15 is 0 Å². The maximum atomic E-state index is 11.6. The summed E-state index contributed by atoms with van der Waals surface area (Å²) in [5, 5.41) is 3.38. The van der Waals surface area contributed by atoms with Gasteiger partial charge in [0.25, 0.3) is 0 Å². The van der Waals surface area contributed by atoms with E-state index in [1.165, 1.54) is 4.90 Å². The number of nitrogens with zero attached hydrogens (tertiary/aromatic N) is 1. The van der Waals surface area contributed by atoms with E-state index < -0.39 is 0 Å². The van der Waals surface area contributed by atoms with Crippen LogP contribution < -0.4 is 5.32 Å². The van der Waals surface area contributed by atoms with Crippen LogP contribution in [0.2, 0.25) is 5.02 Å². The number of hydrogen-bond donors (Lipinski definition) is 1. The van der Waals surface area contributed by atoms with Crippen LogP contribution in [0.5, 0.6) is 0 Å². The second-order valence-electron chi connectivity index (χ2n) is 4.39. The molecule has 4 heteroatoms. The molecule has 2 amide bonds. The minimum Gasteiger partial charge on any atom is -0.331 e. The number of rotatable bonds is 2. The predicted molar refractivity (Wildman–Crippen MR) is 79.6 cm³/mol. The van der Waals surface area contributed by atoms with Crippen molar-refractivity contribution < 1.29 is 4.79 Å². The van der Waals surface area contributed by atoms with E-state index in [0.29, 0.717) is 10.7 Å². The molecule has 0 radical (unpaired) electrons. The first-order valence-electron chi connectivity index (χ1n) is 5.91. The summed E-state index contributed by atoms with van der Waals surface area (Å²) in [7, 11) is 3.38. The number of benzene rings is 2. The van der Waals surface area contributed by atoms with Gasteiger partial charge in [0.05, 0.1) is 5.02 Å². The van der Waals surface area contributed by atoms with Crippen molar-refractivity contribution in [1.29, 1.82) is 0 Å². The lowest BCUT2D eigenvalue weighted by molar-refractivity contribution is 0.230. The Morgan fingerprint density at radius 2 is 1.79 bits per heavy atom. The molecule has 3 nitrogen and oxygen atoms in total. The molecule has 0 bridgehead atoms. The molecular formula is C15H15ClN2O. The van der Waals surface area contributed by atoms with E-state index in [9.17, 15) is 4.79 Å². The van der Waals surface area contributed by atoms with Gasteiger partial charge in [-0.2, -0.15) is 0 Å². The van der Waals surface area contributed by atoms with Crippen LogP contribution in [0.15, 0.2) is 48.5 Å². The quantitative estimate of drug-likeness (QED) is 0.878. The Hall–Kier alpha value is -2.00. The molecule has 0 aliphatic heterocycles. The fourth-order valence-corrected chi connectivity index (χ4v) is 1.97. The largest absolute Gasteiger partial charge is 0.331 e. The standard InChI is InChI=1S/C15H15ClN2O/c1-18(2)15(19)17-12-8-9-13(14(16)10-12)11-6-4-3-5-7-11/h3-10H,1-2H3,(H,17,19). The molecule has 0 aliphatic rings. The first-order valence-corrected chi connectivity index (χ1v) is 6.29. The van der Waals surface area contributed by atoms with Gasteiger partial charge in [0.15, 0.2) is 0 Å². The van der Waals surface area contributed by atoms with Crippen molar-refractivity contribution in [2.24, 2.45) is 0 Å².